The third-order valence-electron chi connectivity index (χ3n) is 5.29. The molecule has 3 aliphatic carbocycles. The number of allylic oxidation sites excluding steroid dienone is 1. The second-order valence-electron chi connectivity index (χ2n) is 6.35. The molecule has 100 valence electrons. The molecule has 1 amide bonds. The normalized spacial score (nSPS) is 39.2. The molecule has 2 saturated carbocycles. The first kappa shape index (κ1) is 11.3. The fourth-order valence-electron chi connectivity index (χ4n) is 4.34. The lowest BCUT2D eigenvalue weighted by Gasteiger charge is -2.36. The van der Waals surface area contributed by atoms with E-state index in [-0.39, 0.29) is 12.1 Å². The highest BCUT2D eigenvalue weighted by Crippen LogP contribution is 2.56. The molecule has 1 aromatic heterocycles. The van der Waals surface area contributed by atoms with E-state index in [1.54, 1.807) is 24.3 Å². The van der Waals surface area contributed by atoms with Crippen LogP contribution in [0.4, 0.5) is 4.79 Å². The van der Waals surface area contributed by atoms with E-state index in [0.717, 1.165) is 11.8 Å². The van der Waals surface area contributed by atoms with Crippen molar-refractivity contribution in [1.82, 2.24) is 14.9 Å². The van der Waals surface area contributed by atoms with Gasteiger partial charge < -0.3 is 5.32 Å². The van der Waals surface area contributed by atoms with E-state index in [1.807, 2.05) is 0 Å². The molecular formula is C15H19N3O. The first-order chi connectivity index (χ1) is 9.22. The minimum absolute atomic E-state index is 0.0493. The summed E-state index contributed by atoms with van der Waals surface area (Å²) in [6.45, 7) is 2.24. The number of hydrogen-bond acceptors (Lipinski definition) is 2. The summed E-state index contributed by atoms with van der Waals surface area (Å²) in [6.07, 6.45) is 11.2. The maximum Gasteiger partial charge on any atom is 0.327 e. The van der Waals surface area contributed by atoms with Crippen LogP contribution in [-0.2, 0) is 0 Å². The van der Waals surface area contributed by atoms with E-state index < -0.39 is 0 Å². The lowest BCUT2D eigenvalue weighted by atomic mass is 9.70. The molecule has 1 heterocycles. The number of fused-ring (bicyclic) bond motifs is 1. The molecule has 2 bridgehead atoms. The van der Waals surface area contributed by atoms with E-state index in [2.05, 4.69) is 23.3 Å². The van der Waals surface area contributed by atoms with E-state index in [4.69, 9.17) is 0 Å². The Bertz CT molecular complexity index is 534. The average Bonchev–Trinajstić information content (AvgIpc) is 2.97. The second-order valence-corrected chi connectivity index (χ2v) is 6.35. The van der Waals surface area contributed by atoms with Crippen LogP contribution < -0.4 is 5.32 Å². The zero-order valence-electron chi connectivity index (χ0n) is 11.1. The van der Waals surface area contributed by atoms with Crippen molar-refractivity contribution in [2.24, 2.45) is 23.7 Å². The number of aromatic nitrogens is 2. The van der Waals surface area contributed by atoms with Crippen LogP contribution in [0.25, 0.3) is 0 Å². The third kappa shape index (κ3) is 1.66. The lowest BCUT2D eigenvalue weighted by Crippen LogP contribution is -2.45. The van der Waals surface area contributed by atoms with Crippen LogP contribution in [0.3, 0.4) is 0 Å². The predicted octanol–water partition coefficient (Wildman–Crippen LogP) is 2.43. The Morgan fingerprint density at radius 2 is 2.32 bits per heavy atom. The van der Waals surface area contributed by atoms with Gasteiger partial charge in [-0.2, -0.15) is 0 Å². The Kier molecular flexibility index (Phi) is 2.34. The molecule has 5 atom stereocenters. The molecule has 1 N–H and O–H groups in total. The van der Waals surface area contributed by atoms with Gasteiger partial charge >= 0.3 is 6.03 Å². The van der Waals surface area contributed by atoms with Crippen LogP contribution in [0.2, 0.25) is 0 Å². The molecule has 5 unspecified atom stereocenters. The van der Waals surface area contributed by atoms with Crippen molar-refractivity contribution in [3.63, 3.8) is 0 Å². The summed E-state index contributed by atoms with van der Waals surface area (Å²) in [7, 11) is 0. The summed E-state index contributed by atoms with van der Waals surface area (Å²) in [5, 5.41) is 3.22. The summed E-state index contributed by atoms with van der Waals surface area (Å²) in [5.74, 6) is 2.83. The Balaban J connectivity index is 1.56. The summed E-state index contributed by atoms with van der Waals surface area (Å²) in [4.78, 5) is 16.1. The van der Waals surface area contributed by atoms with Crippen LogP contribution in [0, 0.1) is 23.7 Å². The van der Waals surface area contributed by atoms with Crippen molar-refractivity contribution in [1.29, 1.82) is 0 Å². The highest BCUT2D eigenvalue weighted by molar-refractivity contribution is 5.76. The first-order valence-electron chi connectivity index (χ1n) is 7.22. The SMILES string of the molecule is CC1C=C2CC3CC(CC23)C1NC(=O)n1ccnc1. The molecule has 0 saturated heterocycles. The number of carbonyl (C=O) groups excluding carboxylic acids is 1. The maximum atomic E-state index is 12.2. The molecule has 0 aromatic carbocycles. The van der Waals surface area contributed by atoms with Gasteiger partial charge in [-0.25, -0.2) is 9.78 Å². The van der Waals surface area contributed by atoms with Gasteiger partial charge in [-0.1, -0.05) is 18.6 Å². The standard InChI is InChI=1S/C15H19N3O/c1-9-4-10-5-11-6-12(7-13(10)11)14(9)17-15(19)18-3-2-16-8-18/h2-4,8-9,11-14H,5-7H2,1H3,(H,17,19). The Morgan fingerprint density at radius 3 is 3.11 bits per heavy atom. The fourth-order valence-corrected chi connectivity index (χ4v) is 4.34. The maximum absolute atomic E-state index is 12.2. The van der Waals surface area contributed by atoms with Crippen molar-refractivity contribution in [2.75, 3.05) is 0 Å². The number of carbonyl (C=O) groups is 1. The molecule has 0 radical (unpaired) electrons. The second kappa shape index (κ2) is 3.95. The van der Waals surface area contributed by atoms with Crippen molar-refractivity contribution in [2.45, 2.75) is 32.2 Å². The van der Waals surface area contributed by atoms with Gasteiger partial charge in [-0.05, 0) is 42.9 Å². The largest absolute Gasteiger partial charge is 0.334 e. The minimum Gasteiger partial charge on any atom is -0.334 e. The molecule has 2 fully saturated rings. The summed E-state index contributed by atoms with van der Waals surface area (Å²) in [6, 6.07) is 0.229. The predicted molar refractivity (Wildman–Crippen MR) is 71.5 cm³/mol. The molecule has 4 nitrogen and oxygen atoms in total. The van der Waals surface area contributed by atoms with Gasteiger partial charge in [0.15, 0.2) is 0 Å². The monoisotopic (exact) mass is 257 g/mol. The number of rotatable bonds is 1. The highest BCUT2D eigenvalue weighted by atomic mass is 16.2. The molecular weight excluding hydrogens is 238 g/mol. The zero-order valence-corrected chi connectivity index (χ0v) is 11.1. The van der Waals surface area contributed by atoms with Crippen LogP contribution >= 0.6 is 0 Å². The Labute approximate surface area is 112 Å². The molecule has 4 rings (SSSR count). The number of nitrogens with one attached hydrogen (secondary N) is 1. The van der Waals surface area contributed by atoms with Gasteiger partial charge in [0.25, 0.3) is 0 Å². The first-order valence-corrected chi connectivity index (χ1v) is 7.22. The molecule has 0 spiro atoms. The van der Waals surface area contributed by atoms with Gasteiger partial charge in [0.2, 0.25) is 0 Å². The fraction of sp³-hybridized carbons (Fsp3) is 0.600. The zero-order chi connectivity index (χ0) is 13.0. The van der Waals surface area contributed by atoms with Crippen LogP contribution in [0.5, 0.6) is 0 Å². The van der Waals surface area contributed by atoms with E-state index >= 15 is 0 Å². The summed E-state index contributed by atoms with van der Waals surface area (Å²) >= 11 is 0. The quantitative estimate of drug-likeness (QED) is 0.785. The molecule has 3 aliphatic rings. The van der Waals surface area contributed by atoms with Crippen molar-refractivity contribution in [3.8, 4) is 0 Å². The molecule has 0 aliphatic heterocycles. The van der Waals surface area contributed by atoms with Gasteiger partial charge in [-0.3, -0.25) is 4.57 Å². The number of nitrogens with zero attached hydrogens (tertiary/aromatic N) is 2. The van der Waals surface area contributed by atoms with Crippen LogP contribution in [-0.4, -0.2) is 21.6 Å². The number of imidazole rings is 1. The average molecular weight is 257 g/mol. The van der Waals surface area contributed by atoms with Gasteiger partial charge in [0, 0.05) is 18.4 Å². The van der Waals surface area contributed by atoms with Gasteiger partial charge in [0.1, 0.15) is 6.33 Å². The van der Waals surface area contributed by atoms with Crippen molar-refractivity contribution < 1.29 is 4.79 Å². The topological polar surface area (TPSA) is 46.9 Å². The van der Waals surface area contributed by atoms with Crippen LogP contribution in [0.1, 0.15) is 26.2 Å². The number of amides is 1. The summed E-state index contributed by atoms with van der Waals surface area (Å²) in [5.41, 5.74) is 1.65. The molecule has 4 heteroatoms. The minimum atomic E-state index is -0.0493. The van der Waals surface area contributed by atoms with Gasteiger partial charge in [-0.15, -0.1) is 0 Å². The van der Waals surface area contributed by atoms with Crippen LogP contribution in [0.15, 0.2) is 30.4 Å². The number of hydrogen-bond donors (Lipinski definition) is 1. The highest BCUT2D eigenvalue weighted by Gasteiger charge is 2.49. The van der Waals surface area contributed by atoms with Gasteiger partial charge in [0.05, 0.1) is 0 Å². The van der Waals surface area contributed by atoms with Crippen molar-refractivity contribution >= 4 is 6.03 Å². The lowest BCUT2D eigenvalue weighted by molar-refractivity contribution is 0.224. The third-order valence-corrected chi connectivity index (χ3v) is 5.29. The Morgan fingerprint density at radius 1 is 1.42 bits per heavy atom. The summed E-state index contributed by atoms with van der Waals surface area (Å²) < 4.78 is 1.53. The smallest absolute Gasteiger partial charge is 0.327 e. The molecule has 19 heavy (non-hydrogen) atoms. The van der Waals surface area contributed by atoms with Crippen molar-refractivity contribution in [3.05, 3.63) is 30.4 Å². The van der Waals surface area contributed by atoms with E-state index in [9.17, 15) is 4.79 Å². The Hall–Kier alpha value is -1.58. The molecule has 1 aromatic rings. The van der Waals surface area contributed by atoms with E-state index in [0.29, 0.717) is 11.8 Å². The van der Waals surface area contributed by atoms with E-state index in [1.165, 1.54) is 23.8 Å².